The van der Waals surface area contributed by atoms with Crippen molar-refractivity contribution in [3.05, 3.63) is 29.8 Å². The van der Waals surface area contributed by atoms with Crippen LogP contribution in [0.4, 0.5) is 5.69 Å². The maximum atomic E-state index is 11.2. The summed E-state index contributed by atoms with van der Waals surface area (Å²) in [7, 11) is 1.61. The zero-order valence-electron chi connectivity index (χ0n) is 6.89. The fraction of sp³-hybridized carbons (Fsp3) is 0.125. The van der Waals surface area contributed by atoms with Gasteiger partial charge in [-0.25, -0.2) is 4.79 Å². The Kier molecular flexibility index (Phi) is 1.81. The first kappa shape index (κ1) is 8.25. The van der Waals surface area contributed by atoms with Crippen LogP contribution in [-0.2, 0) is 15.4 Å². The molecule has 0 saturated heterocycles. The SMILES string of the molecule is CN1c2ccccc2C(=O)OS1=O. The predicted octanol–water partition coefficient (Wildman–Crippen LogP) is 0.872. The second-order valence-corrected chi connectivity index (χ2v) is 3.75. The molecule has 1 aliphatic heterocycles. The molecule has 2 rings (SSSR count). The van der Waals surface area contributed by atoms with E-state index in [0.717, 1.165) is 0 Å². The average molecular weight is 197 g/mol. The molecule has 5 heteroatoms. The third kappa shape index (κ3) is 1.21. The number of anilines is 1. The molecule has 13 heavy (non-hydrogen) atoms. The number of carbonyl (C=O) groups excluding carboxylic acids is 1. The van der Waals surface area contributed by atoms with Crippen LogP contribution in [0.25, 0.3) is 0 Å². The van der Waals surface area contributed by atoms with Crippen molar-refractivity contribution in [2.75, 3.05) is 11.4 Å². The van der Waals surface area contributed by atoms with Crippen LogP contribution in [0.1, 0.15) is 10.4 Å². The quantitative estimate of drug-likeness (QED) is 0.620. The lowest BCUT2D eigenvalue weighted by atomic mass is 10.2. The molecule has 1 heterocycles. The van der Waals surface area contributed by atoms with Crippen LogP contribution in [0.15, 0.2) is 24.3 Å². The van der Waals surface area contributed by atoms with Gasteiger partial charge in [0, 0.05) is 7.05 Å². The Morgan fingerprint density at radius 2 is 2.08 bits per heavy atom. The van der Waals surface area contributed by atoms with Crippen LogP contribution >= 0.6 is 0 Å². The first-order valence-electron chi connectivity index (χ1n) is 3.67. The first-order valence-corrected chi connectivity index (χ1v) is 4.70. The van der Waals surface area contributed by atoms with Crippen molar-refractivity contribution in [1.82, 2.24) is 0 Å². The van der Waals surface area contributed by atoms with E-state index >= 15 is 0 Å². The van der Waals surface area contributed by atoms with E-state index in [1.54, 1.807) is 31.3 Å². The van der Waals surface area contributed by atoms with Gasteiger partial charge in [0.25, 0.3) is 0 Å². The van der Waals surface area contributed by atoms with Gasteiger partial charge < -0.3 is 4.18 Å². The summed E-state index contributed by atoms with van der Waals surface area (Å²) < 4.78 is 17.2. The lowest BCUT2D eigenvalue weighted by Gasteiger charge is -2.23. The normalized spacial score (nSPS) is 20.8. The van der Waals surface area contributed by atoms with Crippen LogP contribution in [0.2, 0.25) is 0 Å². The molecule has 0 spiro atoms. The van der Waals surface area contributed by atoms with Gasteiger partial charge in [-0.05, 0) is 12.1 Å². The molecule has 68 valence electrons. The summed E-state index contributed by atoms with van der Waals surface area (Å²) in [5.41, 5.74) is 1.08. The van der Waals surface area contributed by atoms with Crippen LogP contribution in [0.5, 0.6) is 0 Å². The predicted molar refractivity (Wildman–Crippen MR) is 48.4 cm³/mol. The maximum Gasteiger partial charge on any atom is 0.355 e. The molecular weight excluding hydrogens is 190 g/mol. The van der Waals surface area contributed by atoms with Crippen molar-refractivity contribution in [1.29, 1.82) is 0 Å². The molecule has 1 atom stereocenters. The molecule has 0 bridgehead atoms. The molecule has 1 aromatic rings. The fourth-order valence-corrected chi connectivity index (χ4v) is 1.82. The topological polar surface area (TPSA) is 46.6 Å². The van der Waals surface area contributed by atoms with E-state index in [1.807, 2.05) is 0 Å². The minimum Gasteiger partial charge on any atom is -0.344 e. The Bertz CT molecular complexity index is 391. The first-order chi connectivity index (χ1) is 6.20. The minimum atomic E-state index is -1.69. The highest BCUT2D eigenvalue weighted by Crippen LogP contribution is 2.26. The summed E-state index contributed by atoms with van der Waals surface area (Å²) in [6, 6.07) is 6.89. The summed E-state index contributed by atoms with van der Waals surface area (Å²) in [5.74, 6) is -0.535. The van der Waals surface area contributed by atoms with Crippen molar-refractivity contribution in [2.24, 2.45) is 0 Å². The van der Waals surface area contributed by atoms with Gasteiger partial charge in [0.15, 0.2) is 0 Å². The van der Waals surface area contributed by atoms with Crippen LogP contribution in [0.3, 0.4) is 0 Å². The number of hydrogen-bond acceptors (Lipinski definition) is 3. The van der Waals surface area contributed by atoms with Gasteiger partial charge in [-0.15, -0.1) is 0 Å². The molecular formula is C8H7NO3S. The third-order valence-corrected chi connectivity index (χ3v) is 2.77. The van der Waals surface area contributed by atoms with Gasteiger partial charge >= 0.3 is 17.2 Å². The Balaban J connectivity index is 2.60. The van der Waals surface area contributed by atoms with Crippen LogP contribution in [0, 0.1) is 0 Å². The second-order valence-electron chi connectivity index (χ2n) is 2.60. The highest BCUT2D eigenvalue weighted by Gasteiger charge is 2.27. The Hall–Kier alpha value is -1.36. The summed E-state index contributed by atoms with van der Waals surface area (Å²) in [5, 5.41) is 0. The molecule has 4 nitrogen and oxygen atoms in total. The highest BCUT2D eigenvalue weighted by atomic mass is 32.2. The molecule has 0 saturated carbocycles. The van der Waals surface area contributed by atoms with E-state index in [9.17, 15) is 9.00 Å². The van der Waals surface area contributed by atoms with Crippen molar-refractivity contribution in [3.8, 4) is 0 Å². The zero-order chi connectivity index (χ0) is 9.42. The molecule has 0 aromatic heterocycles. The van der Waals surface area contributed by atoms with Crippen molar-refractivity contribution in [2.45, 2.75) is 0 Å². The van der Waals surface area contributed by atoms with Crippen LogP contribution < -0.4 is 4.31 Å². The zero-order valence-corrected chi connectivity index (χ0v) is 7.71. The minimum absolute atomic E-state index is 0.449. The van der Waals surface area contributed by atoms with E-state index in [-0.39, 0.29) is 0 Å². The number of nitrogens with zero attached hydrogens (tertiary/aromatic N) is 1. The van der Waals surface area contributed by atoms with Gasteiger partial charge in [0.05, 0.1) is 11.3 Å². The van der Waals surface area contributed by atoms with Crippen molar-refractivity contribution in [3.63, 3.8) is 0 Å². The van der Waals surface area contributed by atoms with Gasteiger partial charge in [-0.1, -0.05) is 12.1 Å². The maximum absolute atomic E-state index is 11.2. The molecule has 1 aromatic carbocycles. The van der Waals surface area contributed by atoms with Crippen molar-refractivity contribution >= 4 is 22.9 Å². The Morgan fingerprint density at radius 1 is 1.38 bits per heavy atom. The van der Waals surface area contributed by atoms with Gasteiger partial charge in [0.1, 0.15) is 0 Å². The molecule has 0 radical (unpaired) electrons. The standard InChI is InChI=1S/C8H7NO3S/c1-9-7-5-3-2-4-6(7)8(10)12-13(9)11/h2-5H,1H3. The Morgan fingerprint density at radius 3 is 2.85 bits per heavy atom. The van der Waals surface area contributed by atoms with E-state index in [0.29, 0.717) is 11.3 Å². The van der Waals surface area contributed by atoms with Gasteiger partial charge in [-0.3, -0.25) is 4.31 Å². The van der Waals surface area contributed by atoms with E-state index in [2.05, 4.69) is 4.18 Å². The molecule has 1 aliphatic rings. The number of benzene rings is 1. The molecule has 0 aliphatic carbocycles. The van der Waals surface area contributed by atoms with E-state index < -0.39 is 17.2 Å². The second kappa shape index (κ2) is 2.85. The van der Waals surface area contributed by atoms with E-state index in [1.165, 1.54) is 4.31 Å². The largest absolute Gasteiger partial charge is 0.355 e. The third-order valence-electron chi connectivity index (χ3n) is 1.83. The number of hydrogen-bond donors (Lipinski definition) is 0. The number of carbonyl (C=O) groups is 1. The van der Waals surface area contributed by atoms with Crippen LogP contribution in [-0.4, -0.2) is 17.2 Å². The van der Waals surface area contributed by atoms with E-state index in [4.69, 9.17) is 0 Å². The summed E-state index contributed by atoms with van der Waals surface area (Å²) in [4.78, 5) is 11.2. The number of fused-ring (bicyclic) bond motifs is 1. The van der Waals surface area contributed by atoms with Crippen molar-refractivity contribution < 1.29 is 13.2 Å². The Labute approximate surface area is 77.9 Å². The lowest BCUT2D eigenvalue weighted by Crippen LogP contribution is -2.31. The molecule has 1 unspecified atom stereocenters. The smallest absolute Gasteiger partial charge is 0.344 e. The molecule has 0 N–H and O–H groups in total. The van der Waals surface area contributed by atoms with Gasteiger partial charge in [-0.2, -0.15) is 4.21 Å². The summed E-state index contributed by atoms with van der Waals surface area (Å²) >= 11 is -1.69. The monoisotopic (exact) mass is 197 g/mol. The fourth-order valence-electron chi connectivity index (χ4n) is 1.17. The number of para-hydroxylation sites is 1. The lowest BCUT2D eigenvalue weighted by molar-refractivity contribution is 0.0753. The average Bonchev–Trinajstić information content (AvgIpc) is 2.15. The summed E-state index contributed by atoms with van der Waals surface area (Å²) in [6.45, 7) is 0. The molecule has 0 fully saturated rings. The highest BCUT2D eigenvalue weighted by molar-refractivity contribution is 7.82. The summed E-state index contributed by atoms with van der Waals surface area (Å²) in [6.07, 6.45) is 0. The molecule has 0 amide bonds. The van der Waals surface area contributed by atoms with Gasteiger partial charge in [0.2, 0.25) is 0 Å². The number of rotatable bonds is 0.